The number of carbonyl (C=O) groups excluding carboxylic acids is 1. The van der Waals surface area contributed by atoms with Crippen LogP contribution >= 0.6 is 0 Å². The monoisotopic (exact) mass is 293 g/mol. The number of amidine groups is 1. The number of ether oxygens (including phenoxy) is 1. The van der Waals surface area contributed by atoms with Crippen molar-refractivity contribution in [3.05, 3.63) is 35.4 Å². The molecule has 0 aliphatic carbocycles. The number of nitrogens with two attached hydrogens (primary N) is 1. The number of aryl methyl sites for hydroxylation is 1. The Balaban J connectivity index is 2.77. The van der Waals surface area contributed by atoms with E-state index in [0.717, 1.165) is 11.1 Å². The highest BCUT2D eigenvalue weighted by Crippen LogP contribution is 2.09. The molecule has 4 N–H and O–H groups in total. The summed E-state index contributed by atoms with van der Waals surface area (Å²) < 4.78 is 5.18. The van der Waals surface area contributed by atoms with Crippen LogP contribution in [0.2, 0.25) is 0 Å². The SMILES string of the molecule is Cc1ccc(C[C@H](NC(=O)OC(C)(C)C)/C(N)=N/O)cc1. The van der Waals surface area contributed by atoms with Crippen LogP contribution in [0.25, 0.3) is 0 Å². The first kappa shape index (κ1) is 16.8. The van der Waals surface area contributed by atoms with E-state index in [2.05, 4.69) is 10.5 Å². The Labute approximate surface area is 125 Å². The van der Waals surface area contributed by atoms with Crippen LogP contribution in [0, 0.1) is 6.92 Å². The van der Waals surface area contributed by atoms with E-state index in [1.54, 1.807) is 20.8 Å². The molecule has 0 aliphatic rings. The molecule has 116 valence electrons. The molecule has 0 saturated carbocycles. The average Bonchev–Trinajstić information content (AvgIpc) is 2.37. The molecule has 1 aromatic rings. The van der Waals surface area contributed by atoms with Gasteiger partial charge in [0.05, 0.1) is 6.04 Å². The molecular formula is C15H23N3O3. The highest BCUT2D eigenvalue weighted by atomic mass is 16.6. The minimum Gasteiger partial charge on any atom is -0.444 e. The van der Waals surface area contributed by atoms with Crippen LogP contribution in [-0.2, 0) is 11.2 Å². The van der Waals surface area contributed by atoms with Crippen molar-refractivity contribution < 1.29 is 14.7 Å². The maximum Gasteiger partial charge on any atom is 0.408 e. The number of hydrogen-bond donors (Lipinski definition) is 3. The summed E-state index contributed by atoms with van der Waals surface area (Å²) in [5, 5.41) is 14.4. The molecule has 0 unspecified atom stereocenters. The zero-order chi connectivity index (χ0) is 16.0. The summed E-state index contributed by atoms with van der Waals surface area (Å²) in [4.78, 5) is 11.8. The van der Waals surface area contributed by atoms with Gasteiger partial charge in [-0.25, -0.2) is 4.79 Å². The maximum atomic E-state index is 11.8. The van der Waals surface area contributed by atoms with Crippen LogP contribution in [0.3, 0.4) is 0 Å². The van der Waals surface area contributed by atoms with Crippen LogP contribution in [0.5, 0.6) is 0 Å². The van der Waals surface area contributed by atoms with Crippen LogP contribution in [0.4, 0.5) is 4.79 Å². The number of rotatable bonds is 4. The van der Waals surface area contributed by atoms with Crippen molar-refractivity contribution in [3.8, 4) is 0 Å². The van der Waals surface area contributed by atoms with Crippen molar-refractivity contribution in [1.29, 1.82) is 0 Å². The second-order valence-corrected chi connectivity index (χ2v) is 5.91. The van der Waals surface area contributed by atoms with E-state index in [1.165, 1.54) is 0 Å². The average molecular weight is 293 g/mol. The largest absolute Gasteiger partial charge is 0.444 e. The Hall–Kier alpha value is -2.24. The van der Waals surface area contributed by atoms with Gasteiger partial charge in [0.2, 0.25) is 0 Å². The molecule has 1 rings (SSSR count). The van der Waals surface area contributed by atoms with Gasteiger partial charge >= 0.3 is 6.09 Å². The first-order chi connectivity index (χ1) is 9.71. The Morgan fingerprint density at radius 3 is 2.43 bits per heavy atom. The highest BCUT2D eigenvalue weighted by Gasteiger charge is 2.22. The molecule has 1 aromatic carbocycles. The van der Waals surface area contributed by atoms with Gasteiger partial charge in [0, 0.05) is 6.42 Å². The van der Waals surface area contributed by atoms with E-state index < -0.39 is 17.7 Å². The smallest absolute Gasteiger partial charge is 0.408 e. The molecule has 0 aliphatic heterocycles. The second-order valence-electron chi connectivity index (χ2n) is 5.91. The molecule has 6 nitrogen and oxygen atoms in total. The standard InChI is InChI=1S/C15H23N3O3/c1-10-5-7-11(8-6-10)9-12(13(16)18-20)17-14(19)21-15(2,3)4/h5-8,12,20H,9H2,1-4H3,(H2,16,18)(H,17,19)/t12-/m0/s1. The lowest BCUT2D eigenvalue weighted by molar-refractivity contribution is 0.0517. The van der Waals surface area contributed by atoms with Crippen molar-refractivity contribution >= 4 is 11.9 Å². The molecule has 0 aromatic heterocycles. The predicted molar refractivity (Wildman–Crippen MR) is 81.4 cm³/mol. The fraction of sp³-hybridized carbons (Fsp3) is 0.467. The Kier molecular flexibility index (Phi) is 5.58. The van der Waals surface area contributed by atoms with E-state index in [-0.39, 0.29) is 5.84 Å². The third-order valence-corrected chi connectivity index (χ3v) is 2.72. The molecule has 0 heterocycles. The summed E-state index contributed by atoms with van der Waals surface area (Å²) in [7, 11) is 0. The molecule has 0 radical (unpaired) electrons. The van der Waals surface area contributed by atoms with Gasteiger partial charge in [0.1, 0.15) is 5.60 Å². The highest BCUT2D eigenvalue weighted by molar-refractivity contribution is 5.88. The van der Waals surface area contributed by atoms with E-state index in [4.69, 9.17) is 15.7 Å². The number of nitrogens with zero attached hydrogens (tertiary/aromatic N) is 1. The third-order valence-electron chi connectivity index (χ3n) is 2.72. The third kappa shape index (κ3) is 6.16. The van der Waals surface area contributed by atoms with Gasteiger partial charge in [0.15, 0.2) is 5.84 Å². The number of nitrogens with one attached hydrogen (secondary N) is 1. The second kappa shape index (κ2) is 6.97. The van der Waals surface area contributed by atoms with Crippen LogP contribution < -0.4 is 11.1 Å². The van der Waals surface area contributed by atoms with Crippen molar-refractivity contribution in [2.75, 3.05) is 0 Å². The number of benzene rings is 1. The van der Waals surface area contributed by atoms with Crippen LogP contribution in [0.15, 0.2) is 29.4 Å². The predicted octanol–water partition coefficient (Wildman–Crippen LogP) is 2.18. The molecular weight excluding hydrogens is 270 g/mol. The van der Waals surface area contributed by atoms with Crippen molar-refractivity contribution in [3.63, 3.8) is 0 Å². The zero-order valence-corrected chi connectivity index (χ0v) is 12.9. The summed E-state index contributed by atoms with van der Waals surface area (Å²) in [6, 6.07) is 7.17. The summed E-state index contributed by atoms with van der Waals surface area (Å²) in [5.74, 6) is -0.0681. The summed E-state index contributed by atoms with van der Waals surface area (Å²) in [6.45, 7) is 7.30. The Bertz CT molecular complexity index is 504. The number of amides is 1. The van der Waals surface area contributed by atoms with Gasteiger partial charge in [-0.15, -0.1) is 0 Å². The molecule has 0 bridgehead atoms. The quantitative estimate of drug-likeness (QED) is 0.343. The lowest BCUT2D eigenvalue weighted by Gasteiger charge is -2.23. The number of hydrogen-bond acceptors (Lipinski definition) is 4. The minimum absolute atomic E-state index is 0.0681. The fourth-order valence-electron chi connectivity index (χ4n) is 1.71. The zero-order valence-electron chi connectivity index (χ0n) is 12.9. The summed E-state index contributed by atoms with van der Waals surface area (Å²) in [5.41, 5.74) is 7.13. The fourth-order valence-corrected chi connectivity index (χ4v) is 1.71. The van der Waals surface area contributed by atoms with Crippen LogP contribution in [-0.4, -0.2) is 28.8 Å². The van der Waals surface area contributed by atoms with E-state index in [0.29, 0.717) is 6.42 Å². The van der Waals surface area contributed by atoms with Crippen molar-refractivity contribution in [1.82, 2.24) is 5.32 Å². The van der Waals surface area contributed by atoms with E-state index in [1.807, 2.05) is 31.2 Å². The number of alkyl carbamates (subject to hydrolysis) is 1. The lowest BCUT2D eigenvalue weighted by Crippen LogP contribution is -2.47. The van der Waals surface area contributed by atoms with E-state index >= 15 is 0 Å². The maximum absolute atomic E-state index is 11.8. The normalized spacial score (nSPS) is 13.6. The van der Waals surface area contributed by atoms with Gasteiger partial charge in [0.25, 0.3) is 0 Å². The Morgan fingerprint density at radius 1 is 1.38 bits per heavy atom. The first-order valence-corrected chi connectivity index (χ1v) is 6.74. The topological polar surface area (TPSA) is 96.9 Å². The molecule has 0 fully saturated rings. The van der Waals surface area contributed by atoms with Gasteiger partial charge in [-0.05, 0) is 33.3 Å². The van der Waals surface area contributed by atoms with Gasteiger partial charge in [-0.2, -0.15) is 0 Å². The summed E-state index contributed by atoms with van der Waals surface area (Å²) in [6.07, 6.45) is -0.193. The van der Waals surface area contributed by atoms with Crippen LogP contribution in [0.1, 0.15) is 31.9 Å². The number of oxime groups is 1. The molecule has 1 atom stereocenters. The Morgan fingerprint density at radius 2 is 1.95 bits per heavy atom. The van der Waals surface area contributed by atoms with Gasteiger partial charge in [-0.3, -0.25) is 0 Å². The van der Waals surface area contributed by atoms with Gasteiger partial charge < -0.3 is 21.0 Å². The molecule has 6 heteroatoms. The van der Waals surface area contributed by atoms with E-state index in [9.17, 15) is 4.79 Å². The molecule has 21 heavy (non-hydrogen) atoms. The summed E-state index contributed by atoms with van der Waals surface area (Å²) >= 11 is 0. The minimum atomic E-state index is -0.632. The first-order valence-electron chi connectivity index (χ1n) is 6.74. The number of carbonyl (C=O) groups is 1. The molecule has 0 spiro atoms. The molecule has 0 saturated heterocycles. The van der Waals surface area contributed by atoms with Crippen molar-refractivity contribution in [2.24, 2.45) is 10.9 Å². The van der Waals surface area contributed by atoms with Crippen molar-refractivity contribution in [2.45, 2.75) is 45.8 Å². The van der Waals surface area contributed by atoms with Gasteiger partial charge in [-0.1, -0.05) is 35.0 Å². The lowest BCUT2D eigenvalue weighted by atomic mass is 10.0. The molecule has 1 amide bonds.